The number of thioether (sulfide) groups is 1. The number of aromatic nitrogens is 1. The van der Waals surface area contributed by atoms with Gasteiger partial charge >= 0.3 is 0 Å². The van der Waals surface area contributed by atoms with Gasteiger partial charge in [0.2, 0.25) is 5.52 Å². The van der Waals surface area contributed by atoms with E-state index >= 15 is 0 Å². The minimum absolute atomic E-state index is 0.915. The minimum atomic E-state index is 0.915. The van der Waals surface area contributed by atoms with E-state index in [9.17, 15) is 0 Å². The lowest BCUT2D eigenvalue weighted by molar-refractivity contribution is -0.662. The maximum atomic E-state index is 2.32. The summed E-state index contributed by atoms with van der Waals surface area (Å²) in [6.45, 7) is 3.11. The van der Waals surface area contributed by atoms with Crippen molar-refractivity contribution in [3.8, 4) is 0 Å². The molecular weight excluding hydrogens is 262 g/mol. The van der Waals surface area contributed by atoms with Crippen LogP contribution in [0.15, 0.2) is 71.8 Å². The van der Waals surface area contributed by atoms with Crippen LogP contribution in [0.1, 0.15) is 12.5 Å². The first-order valence-corrected chi connectivity index (χ1v) is 7.95. The topological polar surface area (TPSA) is 3.88 Å². The van der Waals surface area contributed by atoms with E-state index in [0.717, 1.165) is 12.3 Å². The normalized spacial score (nSPS) is 10.8. The first-order valence-electron chi connectivity index (χ1n) is 6.96. The second-order valence-corrected chi connectivity index (χ2v) is 6.05. The van der Waals surface area contributed by atoms with Crippen molar-refractivity contribution in [3.05, 3.63) is 72.4 Å². The lowest BCUT2D eigenvalue weighted by Crippen LogP contribution is -2.34. The fourth-order valence-corrected chi connectivity index (χ4v) is 3.26. The molecule has 0 fully saturated rings. The molecule has 0 atom stereocenters. The summed E-state index contributed by atoms with van der Waals surface area (Å²) in [5.74, 6) is 1.10. The number of para-hydroxylation sites is 1. The third-order valence-electron chi connectivity index (χ3n) is 3.38. The van der Waals surface area contributed by atoms with Crippen LogP contribution >= 0.6 is 11.8 Å². The predicted molar refractivity (Wildman–Crippen MR) is 86.1 cm³/mol. The fraction of sp³-hybridized carbons (Fsp3) is 0.167. The second-order valence-electron chi connectivity index (χ2n) is 4.74. The zero-order valence-corrected chi connectivity index (χ0v) is 12.4. The van der Waals surface area contributed by atoms with Crippen molar-refractivity contribution in [1.82, 2.24) is 0 Å². The third kappa shape index (κ3) is 2.70. The average molecular weight is 280 g/mol. The Kier molecular flexibility index (Phi) is 4.03. The lowest BCUT2D eigenvalue weighted by atomic mass is 10.2. The molecular formula is C18H18NS+. The SMILES string of the molecule is CCSc1cc[n+](Cc2ccccc2)c2ccccc12. The molecule has 100 valence electrons. The number of benzene rings is 2. The first-order chi connectivity index (χ1) is 9.88. The Labute approximate surface area is 124 Å². The molecule has 3 rings (SSSR count). The maximum absolute atomic E-state index is 2.32. The van der Waals surface area contributed by atoms with Crippen LogP contribution in [0.2, 0.25) is 0 Å². The lowest BCUT2D eigenvalue weighted by Gasteiger charge is -2.06. The maximum Gasteiger partial charge on any atom is 0.213 e. The second kappa shape index (κ2) is 6.10. The van der Waals surface area contributed by atoms with Gasteiger partial charge in [0.05, 0.1) is 5.39 Å². The van der Waals surface area contributed by atoms with Gasteiger partial charge in [-0.3, -0.25) is 0 Å². The molecule has 1 aromatic heterocycles. The van der Waals surface area contributed by atoms with Gasteiger partial charge in [-0.2, -0.15) is 4.57 Å². The molecule has 0 aliphatic carbocycles. The number of nitrogens with zero attached hydrogens (tertiary/aromatic N) is 1. The summed E-state index contributed by atoms with van der Waals surface area (Å²) in [6, 6.07) is 21.5. The van der Waals surface area contributed by atoms with Gasteiger partial charge in [0.15, 0.2) is 12.7 Å². The van der Waals surface area contributed by atoms with Gasteiger partial charge in [0, 0.05) is 22.6 Å². The number of hydrogen-bond donors (Lipinski definition) is 0. The fourth-order valence-electron chi connectivity index (χ4n) is 2.46. The largest absolute Gasteiger partial charge is 0.213 e. The number of hydrogen-bond acceptors (Lipinski definition) is 1. The van der Waals surface area contributed by atoms with E-state index in [-0.39, 0.29) is 0 Å². The van der Waals surface area contributed by atoms with Crippen molar-refractivity contribution in [2.75, 3.05) is 5.75 Å². The van der Waals surface area contributed by atoms with Crippen molar-refractivity contribution in [2.45, 2.75) is 18.4 Å². The van der Waals surface area contributed by atoms with Gasteiger partial charge < -0.3 is 0 Å². The van der Waals surface area contributed by atoms with Crippen molar-refractivity contribution in [3.63, 3.8) is 0 Å². The molecule has 0 unspecified atom stereocenters. The van der Waals surface area contributed by atoms with Crippen LogP contribution in [0.4, 0.5) is 0 Å². The smallest absolute Gasteiger partial charge is 0.194 e. The van der Waals surface area contributed by atoms with Crippen LogP contribution in [0.3, 0.4) is 0 Å². The Morgan fingerprint density at radius 1 is 0.900 bits per heavy atom. The molecule has 0 aliphatic rings. The molecule has 0 amide bonds. The summed E-state index contributed by atoms with van der Waals surface area (Å²) in [6.07, 6.45) is 2.20. The van der Waals surface area contributed by atoms with Crippen molar-refractivity contribution < 1.29 is 4.57 Å². The van der Waals surface area contributed by atoms with E-state index < -0.39 is 0 Å². The van der Waals surface area contributed by atoms with E-state index in [0.29, 0.717) is 0 Å². The molecule has 1 nitrogen and oxygen atoms in total. The predicted octanol–water partition coefficient (Wildman–Crippen LogP) is 4.29. The molecule has 0 saturated carbocycles. The molecule has 1 heterocycles. The van der Waals surface area contributed by atoms with Crippen LogP contribution in [0, 0.1) is 0 Å². The van der Waals surface area contributed by atoms with E-state index in [2.05, 4.69) is 78.4 Å². The Morgan fingerprint density at radius 3 is 2.45 bits per heavy atom. The standard InChI is InChI=1S/C18H18NS/c1-2-20-18-12-13-19(14-15-8-4-3-5-9-15)17-11-7-6-10-16(17)18/h3-13H,2,14H2,1H3/q+1. The molecule has 0 radical (unpaired) electrons. The molecule has 0 N–H and O–H groups in total. The highest BCUT2D eigenvalue weighted by molar-refractivity contribution is 7.99. The van der Waals surface area contributed by atoms with Crippen molar-refractivity contribution in [2.24, 2.45) is 0 Å². The monoisotopic (exact) mass is 280 g/mol. The third-order valence-corrected chi connectivity index (χ3v) is 4.34. The summed E-state index contributed by atoms with van der Waals surface area (Å²) in [5.41, 5.74) is 2.63. The van der Waals surface area contributed by atoms with Crippen LogP contribution < -0.4 is 4.57 Å². The highest BCUT2D eigenvalue weighted by Gasteiger charge is 2.12. The Balaban J connectivity index is 2.06. The molecule has 2 heteroatoms. The van der Waals surface area contributed by atoms with Crippen molar-refractivity contribution in [1.29, 1.82) is 0 Å². The number of fused-ring (bicyclic) bond motifs is 1. The highest BCUT2D eigenvalue weighted by atomic mass is 32.2. The summed E-state index contributed by atoms with van der Waals surface area (Å²) in [4.78, 5) is 1.37. The van der Waals surface area contributed by atoms with Gasteiger partial charge in [-0.25, -0.2) is 0 Å². The zero-order chi connectivity index (χ0) is 13.8. The highest BCUT2D eigenvalue weighted by Crippen LogP contribution is 2.25. The molecule has 0 spiro atoms. The van der Waals surface area contributed by atoms with Crippen LogP contribution in [0.5, 0.6) is 0 Å². The zero-order valence-electron chi connectivity index (χ0n) is 11.6. The quantitative estimate of drug-likeness (QED) is 0.509. The van der Waals surface area contributed by atoms with Gasteiger partial charge in [0.1, 0.15) is 0 Å². The van der Waals surface area contributed by atoms with E-state index in [1.54, 1.807) is 0 Å². The van der Waals surface area contributed by atoms with Gasteiger partial charge in [-0.15, -0.1) is 11.8 Å². The molecule has 20 heavy (non-hydrogen) atoms. The summed E-state index contributed by atoms with van der Waals surface area (Å²) < 4.78 is 2.32. The van der Waals surface area contributed by atoms with Crippen LogP contribution in [-0.2, 0) is 6.54 Å². The average Bonchev–Trinajstić information content (AvgIpc) is 2.51. The van der Waals surface area contributed by atoms with Gasteiger partial charge in [-0.1, -0.05) is 49.4 Å². The number of pyridine rings is 1. The van der Waals surface area contributed by atoms with E-state index in [1.165, 1.54) is 21.4 Å². The van der Waals surface area contributed by atoms with Crippen LogP contribution in [0.25, 0.3) is 10.9 Å². The summed E-state index contributed by atoms with van der Waals surface area (Å²) in [5, 5.41) is 1.35. The summed E-state index contributed by atoms with van der Waals surface area (Å²) in [7, 11) is 0. The minimum Gasteiger partial charge on any atom is -0.194 e. The number of rotatable bonds is 4. The first kappa shape index (κ1) is 13.2. The van der Waals surface area contributed by atoms with Crippen molar-refractivity contribution >= 4 is 22.7 Å². The molecule has 3 aromatic rings. The van der Waals surface area contributed by atoms with Crippen LogP contribution in [-0.4, -0.2) is 5.75 Å². The Morgan fingerprint density at radius 2 is 1.65 bits per heavy atom. The Bertz CT molecular complexity index is 707. The molecule has 0 bridgehead atoms. The van der Waals surface area contributed by atoms with Gasteiger partial charge in [0.25, 0.3) is 0 Å². The summed E-state index contributed by atoms with van der Waals surface area (Å²) >= 11 is 1.91. The molecule has 2 aromatic carbocycles. The van der Waals surface area contributed by atoms with Gasteiger partial charge in [-0.05, 0) is 11.8 Å². The Hall–Kier alpha value is -1.80. The molecule has 0 aliphatic heterocycles. The molecule has 0 saturated heterocycles. The van der Waals surface area contributed by atoms with E-state index in [4.69, 9.17) is 0 Å². The van der Waals surface area contributed by atoms with E-state index in [1.807, 2.05) is 11.8 Å².